The van der Waals surface area contributed by atoms with Crippen LogP contribution >= 0.6 is 0 Å². The zero-order valence-electron chi connectivity index (χ0n) is 11.8. The number of nitrogens with one attached hydrogen (secondary N) is 2. The number of nitrogens with zero attached hydrogens (tertiary/aromatic N) is 3. The van der Waals surface area contributed by atoms with E-state index >= 15 is 0 Å². The van der Waals surface area contributed by atoms with Crippen molar-refractivity contribution in [3.05, 3.63) is 18.0 Å². The first-order valence-corrected chi connectivity index (χ1v) is 7.00. The number of hydrogen-bond acceptors (Lipinski definition) is 4. The zero-order valence-corrected chi connectivity index (χ0v) is 11.8. The van der Waals surface area contributed by atoms with E-state index in [1.165, 1.54) is 12.8 Å². The molecule has 106 valence electrons. The van der Waals surface area contributed by atoms with Crippen molar-refractivity contribution >= 4 is 22.6 Å². The molecule has 1 amide bonds. The van der Waals surface area contributed by atoms with Gasteiger partial charge in [0.15, 0.2) is 5.65 Å². The molecule has 20 heavy (non-hydrogen) atoms. The van der Waals surface area contributed by atoms with E-state index in [1.807, 2.05) is 7.05 Å². The summed E-state index contributed by atoms with van der Waals surface area (Å²) in [6.07, 6.45) is 8.18. The average Bonchev–Trinajstić information content (AvgIpc) is 3.09. The number of carbonyl (C=O) groups excluding carboxylic acids is 1. The summed E-state index contributed by atoms with van der Waals surface area (Å²) < 4.78 is 1.72. The Labute approximate surface area is 117 Å². The van der Waals surface area contributed by atoms with Crippen LogP contribution in [0.1, 0.15) is 36.0 Å². The molecule has 6 heteroatoms. The number of hydrogen-bond donors (Lipinski definition) is 2. The molecule has 6 nitrogen and oxygen atoms in total. The van der Waals surface area contributed by atoms with E-state index in [1.54, 1.807) is 24.1 Å². The summed E-state index contributed by atoms with van der Waals surface area (Å²) in [6, 6.07) is 0.434. The summed E-state index contributed by atoms with van der Waals surface area (Å²) in [5, 5.41) is 11.3. The Morgan fingerprint density at radius 3 is 2.80 bits per heavy atom. The van der Waals surface area contributed by atoms with E-state index in [-0.39, 0.29) is 5.91 Å². The van der Waals surface area contributed by atoms with Crippen LogP contribution in [0.3, 0.4) is 0 Å². The van der Waals surface area contributed by atoms with Gasteiger partial charge in [-0.2, -0.15) is 5.10 Å². The first-order valence-electron chi connectivity index (χ1n) is 7.00. The van der Waals surface area contributed by atoms with Crippen molar-refractivity contribution in [2.75, 3.05) is 12.4 Å². The summed E-state index contributed by atoms with van der Waals surface area (Å²) in [6.45, 7) is 0. The minimum atomic E-state index is -0.122. The lowest BCUT2D eigenvalue weighted by atomic mass is 10.1. The van der Waals surface area contributed by atoms with Crippen molar-refractivity contribution in [3.63, 3.8) is 0 Å². The molecular weight excluding hydrogens is 254 g/mol. The maximum Gasteiger partial charge on any atom is 0.254 e. The van der Waals surface area contributed by atoms with Crippen LogP contribution in [0.2, 0.25) is 0 Å². The van der Waals surface area contributed by atoms with Gasteiger partial charge in [0.05, 0.1) is 22.8 Å². The lowest BCUT2D eigenvalue weighted by Gasteiger charge is -2.17. The van der Waals surface area contributed by atoms with Crippen molar-refractivity contribution in [2.24, 2.45) is 7.05 Å². The Morgan fingerprint density at radius 2 is 2.10 bits per heavy atom. The van der Waals surface area contributed by atoms with Gasteiger partial charge in [-0.3, -0.25) is 9.48 Å². The third kappa shape index (κ3) is 2.11. The standard InChI is InChI=1S/C14H19N5O/c1-15-14(20)11-7-16-13-10(8-17-19(13)2)12(11)18-9-5-3-4-6-9/h7-9H,3-6H2,1-2H3,(H,15,20)(H,16,18). The minimum absolute atomic E-state index is 0.122. The van der Waals surface area contributed by atoms with Gasteiger partial charge in [0.2, 0.25) is 0 Å². The highest BCUT2D eigenvalue weighted by molar-refractivity contribution is 6.06. The highest BCUT2D eigenvalue weighted by Crippen LogP contribution is 2.29. The number of aryl methyl sites for hydroxylation is 1. The number of aromatic nitrogens is 3. The smallest absolute Gasteiger partial charge is 0.254 e. The van der Waals surface area contributed by atoms with Crippen molar-refractivity contribution in [2.45, 2.75) is 31.7 Å². The maximum atomic E-state index is 12.0. The first-order chi connectivity index (χ1) is 9.70. The van der Waals surface area contributed by atoms with E-state index < -0.39 is 0 Å². The summed E-state index contributed by atoms with van der Waals surface area (Å²) in [7, 11) is 3.49. The molecule has 2 aromatic heterocycles. The number of amides is 1. The molecule has 1 aliphatic carbocycles. The van der Waals surface area contributed by atoms with E-state index in [4.69, 9.17) is 0 Å². The van der Waals surface area contributed by atoms with Gasteiger partial charge < -0.3 is 10.6 Å². The van der Waals surface area contributed by atoms with Gasteiger partial charge in [0.25, 0.3) is 5.91 Å². The van der Waals surface area contributed by atoms with Gasteiger partial charge in [0, 0.05) is 26.3 Å². The van der Waals surface area contributed by atoms with E-state index in [2.05, 4.69) is 20.7 Å². The average molecular weight is 273 g/mol. The maximum absolute atomic E-state index is 12.0. The van der Waals surface area contributed by atoms with Crippen LogP contribution in [0.4, 0.5) is 5.69 Å². The van der Waals surface area contributed by atoms with Crippen LogP contribution < -0.4 is 10.6 Å². The third-order valence-corrected chi connectivity index (χ3v) is 3.94. The predicted octanol–water partition coefficient (Wildman–Crippen LogP) is 1.68. The molecule has 0 unspecified atom stereocenters. The van der Waals surface area contributed by atoms with Gasteiger partial charge in [-0.15, -0.1) is 0 Å². The van der Waals surface area contributed by atoms with E-state index in [0.29, 0.717) is 11.6 Å². The second-order valence-electron chi connectivity index (χ2n) is 5.26. The quantitative estimate of drug-likeness (QED) is 0.892. The van der Waals surface area contributed by atoms with Crippen molar-refractivity contribution < 1.29 is 4.79 Å². The summed E-state index contributed by atoms with van der Waals surface area (Å²) in [5.41, 5.74) is 2.23. The van der Waals surface area contributed by atoms with Crippen LogP contribution in [0.5, 0.6) is 0 Å². The molecule has 1 fully saturated rings. The lowest BCUT2D eigenvalue weighted by molar-refractivity contribution is 0.0963. The molecule has 0 bridgehead atoms. The molecule has 0 aliphatic heterocycles. The number of anilines is 1. The van der Waals surface area contributed by atoms with E-state index in [0.717, 1.165) is 29.6 Å². The summed E-state index contributed by atoms with van der Waals surface area (Å²) in [4.78, 5) is 16.4. The highest BCUT2D eigenvalue weighted by atomic mass is 16.1. The van der Waals surface area contributed by atoms with Crippen molar-refractivity contribution in [1.82, 2.24) is 20.1 Å². The molecule has 2 N–H and O–H groups in total. The Bertz CT molecular complexity index is 642. The Morgan fingerprint density at radius 1 is 1.35 bits per heavy atom. The molecular formula is C14H19N5O. The molecule has 0 spiro atoms. The third-order valence-electron chi connectivity index (χ3n) is 3.94. The Kier molecular flexibility index (Phi) is 3.30. The molecule has 0 atom stereocenters. The number of pyridine rings is 1. The first kappa shape index (κ1) is 12.9. The largest absolute Gasteiger partial charge is 0.381 e. The lowest BCUT2D eigenvalue weighted by Crippen LogP contribution is -2.23. The molecule has 1 aliphatic rings. The van der Waals surface area contributed by atoms with Crippen LogP contribution in [0, 0.1) is 0 Å². The normalized spacial score (nSPS) is 15.7. The van der Waals surface area contributed by atoms with Crippen LogP contribution in [0.25, 0.3) is 11.0 Å². The minimum Gasteiger partial charge on any atom is -0.381 e. The summed E-state index contributed by atoms with van der Waals surface area (Å²) >= 11 is 0. The summed E-state index contributed by atoms with van der Waals surface area (Å²) in [5.74, 6) is -0.122. The molecule has 0 aromatic carbocycles. The molecule has 0 radical (unpaired) electrons. The second kappa shape index (κ2) is 5.11. The van der Waals surface area contributed by atoms with Crippen molar-refractivity contribution in [3.8, 4) is 0 Å². The van der Waals surface area contributed by atoms with Gasteiger partial charge in [-0.05, 0) is 12.8 Å². The van der Waals surface area contributed by atoms with Gasteiger partial charge in [-0.1, -0.05) is 12.8 Å². The highest BCUT2D eigenvalue weighted by Gasteiger charge is 2.21. The SMILES string of the molecule is CNC(=O)c1cnc2c(cnn2C)c1NC1CCCC1. The Hall–Kier alpha value is -2.11. The fraction of sp³-hybridized carbons (Fsp3) is 0.500. The number of rotatable bonds is 3. The van der Waals surface area contributed by atoms with Gasteiger partial charge in [0.1, 0.15) is 0 Å². The fourth-order valence-corrected chi connectivity index (χ4v) is 2.83. The predicted molar refractivity (Wildman–Crippen MR) is 77.8 cm³/mol. The van der Waals surface area contributed by atoms with Gasteiger partial charge >= 0.3 is 0 Å². The molecule has 1 saturated carbocycles. The van der Waals surface area contributed by atoms with Crippen molar-refractivity contribution in [1.29, 1.82) is 0 Å². The molecule has 3 rings (SSSR count). The molecule has 2 heterocycles. The van der Waals surface area contributed by atoms with Crippen LogP contribution in [-0.2, 0) is 7.05 Å². The monoisotopic (exact) mass is 273 g/mol. The molecule has 0 saturated heterocycles. The number of fused-ring (bicyclic) bond motifs is 1. The van der Waals surface area contributed by atoms with Crippen LogP contribution in [0.15, 0.2) is 12.4 Å². The van der Waals surface area contributed by atoms with E-state index in [9.17, 15) is 4.79 Å². The zero-order chi connectivity index (χ0) is 14.1. The topological polar surface area (TPSA) is 71.8 Å². The number of carbonyl (C=O) groups is 1. The molecule has 2 aromatic rings. The fourth-order valence-electron chi connectivity index (χ4n) is 2.83. The van der Waals surface area contributed by atoms with Crippen LogP contribution in [-0.4, -0.2) is 33.8 Å². The Balaban J connectivity index is 2.09. The second-order valence-corrected chi connectivity index (χ2v) is 5.26. The van der Waals surface area contributed by atoms with Gasteiger partial charge in [-0.25, -0.2) is 4.98 Å².